The van der Waals surface area contributed by atoms with Gasteiger partial charge < -0.3 is 5.32 Å². The van der Waals surface area contributed by atoms with Crippen LogP contribution >= 0.6 is 0 Å². The van der Waals surface area contributed by atoms with Gasteiger partial charge in [0.05, 0.1) is 17.3 Å². The number of anilines is 1. The Kier molecular flexibility index (Phi) is 4.39. The van der Waals surface area contributed by atoms with Gasteiger partial charge in [-0.05, 0) is 44.0 Å². The molecule has 108 valence electrons. The fourth-order valence-corrected chi connectivity index (χ4v) is 2.08. The lowest BCUT2D eigenvalue weighted by Crippen LogP contribution is -2.18. The van der Waals surface area contributed by atoms with Crippen LogP contribution in [0.5, 0.6) is 0 Å². The number of aromatic nitrogens is 2. The Bertz CT molecular complexity index is 710. The molecule has 1 heterocycles. The molecule has 1 amide bonds. The average molecular weight is 282 g/mol. The Hall–Kier alpha value is -2.61. The molecule has 0 unspecified atom stereocenters. The molecule has 5 nitrogen and oxygen atoms in total. The summed E-state index contributed by atoms with van der Waals surface area (Å²) in [6, 6.07) is 9.12. The Morgan fingerprint density at radius 2 is 2.14 bits per heavy atom. The molecule has 0 spiro atoms. The van der Waals surface area contributed by atoms with Crippen LogP contribution in [0.25, 0.3) is 0 Å². The zero-order valence-corrected chi connectivity index (χ0v) is 12.5. The van der Waals surface area contributed by atoms with E-state index in [1.807, 2.05) is 32.9 Å². The van der Waals surface area contributed by atoms with Crippen molar-refractivity contribution in [2.45, 2.75) is 33.7 Å². The second-order valence-corrected chi connectivity index (χ2v) is 4.79. The highest BCUT2D eigenvalue weighted by Gasteiger charge is 2.15. The summed E-state index contributed by atoms with van der Waals surface area (Å²) in [6.45, 7) is 6.49. The average Bonchev–Trinajstić information content (AvgIpc) is 2.93. The first-order chi connectivity index (χ1) is 10.1. The summed E-state index contributed by atoms with van der Waals surface area (Å²) in [4.78, 5) is 12.4. The van der Waals surface area contributed by atoms with Gasteiger partial charge >= 0.3 is 0 Å². The molecule has 0 fully saturated rings. The van der Waals surface area contributed by atoms with Crippen LogP contribution in [0.4, 0.5) is 5.69 Å². The number of hydrogen-bond donors (Lipinski definition) is 1. The number of aryl methyl sites for hydroxylation is 3. The van der Waals surface area contributed by atoms with Crippen molar-refractivity contribution in [3.63, 3.8) is 0 Å². The molecule has 0 aliphatic carbocycles. The van der Waals surface area contributed by atoms with Gasteiger partial charge in [-0.25, -0.2) is 0 Å². The first-order valence-electron chi connectivity index (χ1n) is 6.97. The molecule has 1 N–H and O–H groups in total. The highest BCUT2D eigenvalue weighted by molar-refractivity contribution is 6.03. The van der Waals surface area contributed by atoms with E-state index < -0.39 is 0 Å². The second-order valence-electron chi connectivity index (χ2n) is 4.79. The van der Waals surface area contributed by atoms with Gasteiger partial charge in [0.25, 0.3) is 5.91 Å². The van der Waals surface area contributed by atoms with Crippen LogP contribution in [0.1, 0.15) is 41.2 Å². The summed E-state index contributed by atoms with van der Waals surface area (Å²) in [7, 11) is 0. The number of rotatable bonds is 4. The Balaban J connectivity index is 2.30. The van der Waals surface area contributed by atoms with E-state index >= 15 is 0 Å². The van der Waals surface area contributed by atoms with Crippen LogP contribution in [0.15, 0.2) is 24.3 Å². The van der Waals surface area contributed by atoms with E-state index in [0.29, 0.717) is 23.5 Å². The summed E-state index contributed by atoms with van der Waals surface area (Å²) in [5.74, 6) is -0.206. The van der Waals surface area contributed by atoms with Crippen molar-refractivity contribution in [2.75, 3.05) is 5.32 Å². The van der Waals surface area contributed by atoms with Gasteiger partial charge in [0.2, 0.25) is 0 Å². The Labute approximate surface area is 124 Å². The lowest BCUT2D eigenvalue weighted by atomic mass is 10.1. The fourth-order valence-electron chi connectivity index (χ4n) is 2.08. The topological polar surface area (TPSA) is 70.7 Å². The molecule has 0 radical (unpaired) electrons. The Morgan fingerprint density at radius 1 is 1.38 bits per heavy atom. The number of carbonyl (C=O) groups is 1. The number of amides is 1. The van der Waals surface area contributed by atoms with Crippen molar-refractivity contribution in [1.82, 2.24) is 9.78 Å². The summed E-state index contributed by atoms with van der Waals surface area (Å²) in [6.07, 6.45) is 0.788. The predicted molar refractivity (Wildman–Crippen MR) is 81.1 cm³/mol. The van der Waals surface area contributed by atoms with E-state index in [2.05, 4.69) is 16.5 Å². The number of nitrogens with zero attached hydrogens (tertiary/aromatic N) is 3. The predicted octanol–water partition coefficient (Wildman–Crippen LogP) is 2.90. The van der Waals surface area contributed by atoms with Crippen LogP contribution in [0.2, 0.25) is 0 Å². The third-order valence-electron chi connectivity index (χ3n) is 3.34. The monoisotopic (exact) mass is 282 g/mol. The molecule has 1 aromatic carbocycles. The van der Waals surface area contributed by atoms with Gasteiger partial charge in [-0.1, -0.05) is 13.0 Å². The molecule has 0 atom stereocenters. The fraction of sp³-hybridized carbons (Fsp3) is 0.312. The standard InChI is InChI=1S/C16H18N4O/c1-4-13-9-15(20(5-2)19-13)16(21)18-14-8-12(10-17)7-6-11(14)3/h6-9H,4-5H2,1-3H3,(H,18,21). The third-order valence-corrected chi connectivity index (χ3v) is 3.34. The van der Waals surface area contributed by atoms with Crippen molar-refractivity contribution in [1.29, 1.82) is 5.26 Å². The minimum Gasteiger partial charge on any atom is -0.320 e. The number of carbonyl (C=O) groups excluding carboxylic acids is 1. The van der Waals surface area contributed by atoms with E-state index in [9.17, 15) is 4.79 Å². The zero-order chi connectivity index (χ0) is 15.4. The van der Waals surface area contributed by atoms with Crippen molar-refractivity contribution < 1.29 is 4.79 Å². The molecular formula is C16H18N4O. The normalized spacial score (nSPS) is 10.2. The third kappa shape index (κ3) is 3.11. The molecule has 1 aromatic heterocycles. The summed E-state index contributed by atoms with van der Waals surface area (Å²) in [5.41, 5.74) is 3.52. The van der Waals surface area contributed by atoms with Gasteiger partial charge in [-0.2, -0.15) is 10.4 Å². The van der Waals surface area contributed by atoms with Crippen LogP contribution < -0.4 is 5.32 Å². The Morgan fingerprint density at radius 3 is 2.76 bits per heavy atom. The van der Waals surface area contributed by atoms with Gasteiger partial charge in [0.15, 0.2) is 0 Å². The maximum absolute atomic E-state index is 12.4. The van der Waals surface area contributed by atoms with E-state index in [0.717, 1.165) is 17.7 Å². The summed E-state index contributed by atoms with van der Waals surface area (Å²) >= 11 is 0. The maximum atomic E-state index is 12.4. The molecule has 21 heavy (non-hydrogen) atoms. The number of nitriles is 1. The lowest BCUT2D eigenvalue weighted by molar-refractivity contribution is 0.101. The highest BCUT2D eigenvalue weighted by Crippen LogP contribution is 2.18. The van der Waals surface area contributed by atoms with Gasteiger partial charge in [-0.3, -0.25) is 9.48 Å². The van der Waals surface area contributed by atoms with Gasteiger partial charge in [0, 0.05) is 12.2 Å². The largest absolute Gasteiger partial charge is 0.320 e. The maximum Gasteiger partial charge on any atom is 0.273 e. The summed E-state index contributed by atoms with van der Waals surface area (Å²) < 4.78 is 1.69. The van der Waals surface area contributed by atoms with E-state index in [1.165, 1.54) is 0 Å². The molecule has 0 aliphatic heterocycles. The SMILES string of the molecule is CCc1cc(C(=O)Nc2cc(C#N)ccc2C)n(CC)n1. The number of nitrogens with one attached hydrogen (secondary N) is 1. The van der Waals surface area contributed by atoms with Crippen molar-refractivity contribution in [3.8, 4) is 6.07 Å². The molecule has 0 saturated carbocycles. The molecule has 0 saturated heterocycles. The number of benzene rings is 1. The minimum absolute atomic E-state index is 0.206. The van der Waals surface area contributed by atoms with E-state index in [-0.39, 0.29) is 5.91 Å². The van der Waals surface area contributed by atoms with Crippen molar-refractivity contribution in [2.24, 2.45) is 0 Å². The lowest BCUT2D eigenvalue weighted by Gasteiger charge is -2.09. The van der Waals surface area contributed by atoms with Crippen LogP contribution in [0.3, 0.4) is 0 Å². The smallest absolute Gasteiger partial charge is 0.273 e. The van der Waals surface area contributed by atoms with Crippen LogP contribution in [-0.2, 0) is 13.0 Å². The molecule has 0 bridgehead atoms. The molecule has 2 aromatic rings. The zero-order valence-electron chi connectivity index (χ0n) is 12.5. The highest BCUT2D eigenvalue weighted by atomic mass is 16.2. The van der Waals surface area contributed by atoms with E-state index in [4.69, 9.17) is 5.26 Å². The van der Waals surface area contributed by atoms with Crippen LogP contribution in [0, 0.1) is 18.3 Å². The first-order valence-corrected chi connectivity index (χ1v) is 6.97. The number of hydrogen-bond acceptors (Lipinski definition) is 3. The van der Waals surface area contributed by atoms with Crippen molar-refractivity contribution >= 4 is 11.6 Å². The molecular weight excluding hydrogens is 264 g/mol. The van der Waals surface area contributed by atoms with Crippen molar-refractivity contribution in [3.05, 3.63) is 46.8 Å². The van der Waals surface area contributed by atoms with Gasteiger partial charge in [0.1, 0.15) is 5.69 Å². The summed E-state index contributed by atoms with van der Waals surface area (Å²) in [5, 5.41) is 16.2. The first kappa shape index (κ1) is 14.8. The van der Waals surface area contributed by atoms with Crippen LogP contribution in [-0.4, -0.2) is 15.7 Å². The minimum atomic E-state index is -0.206. The van der Waals surface area contributed by atoms with E-state index in [1.54, 1.807) is 16.8 Å². The van der Waals surface area contributed by atoms with Gasteiger partial charge in [-0.15, -0.1) is 0 Å². The quantitative estimate of drug-likeness (QED) is 0.937. The molecule has 2 rings (SSSR count). The molecule has 5 heteroatoms. The second kappa shape index (κ2) is 6.23. The molecule has 0 aliphatic rings.